The molecule has 1 aliphatic rings. The van der Waals surface area contributed by atoms with Gasteiger partial charge in [0.1, 0.15) is 0 Å². The molecule has 4 heteroatoms. The average molecular weight is 300 g/mol. The highest BCUT2D eigenvalue weighted by atomic mass is 79.9. The molecule has 0 aliphatic carbocycles. The molecule has 17 heavy (non-hydrogen) atoms. The number of nitrogens with zero attached hydrogens (tertiary/aromatic N) is 2. The van der Waals surface area contributed by atoms with Crippen LogP contribution in [0.4, 0.5) is 0 Å². The van der Waals surface area contributed by atoms with Gasteiger partial charge < -0.3 is 5.32 Å². The zero-order valence-corrected chi connectivity index (χ0v) is 12.6. The van der Waals surface area contributed by atoms with Gasteiger partial charge in [0.2, 0.25) is 0 Å². The van der Waals surface area contributed by atoms with Crippen molar-refractivity contribution in [2.75, 3.05) is 6.54 Å². The number of halogens is 1. The van der Waals surface area contributed by atoms with Crippen molar-refractivity contribution in [1.82, 2.24) is 15.1 Å². The highest BCUT2D eigenvalue weighted by Gasteiger charge is 2.33. The molecular weight excluding hydrogens is 278 g/mol. The van der Waals surface area contributed by atoms with Crippen LogP contribution < -0.4 is 5.32 Å². The first-order valence-electron chi connectivity index (χ1n) is 6.58. The minimum absolute atomic E-state index is 0.294. The van der Waals surface area contributed by atoms with Gasteiger partial charge in [-0.25, -0.2) is 0 Å². The second kappa shape index (κ2) is 5.11. The van der Waals surface area contributed by atoms with E-state index in [-0.39, 0.29) is 0 Å². The molecule has 0 radical (unpaired) electrons. The SMILES string of the molecule is CCn1nc(C)c(Br)c1CC1(CC)CCCN1. The third-order valence-electron chi connectivity index (χ3n) is 3.97. The fraction of sp³-hybridized carbons (Fsp3) is 0.769. The Labute approximate surface area is 112 Å². The van der Waals surface area contributed by atoms with E-state index in [1.807, 2.05) is 0 Å². The molecule has 1 unspecified atom stereocenters. The molecule has 1 atom stereocenters. The van der Waals surface area contributed by atoms with Crippen LogP contribution in [0.5, 0.6) is 0 Å². The number of aromatic nitrogens is 2. The summed E-state index contributed by atoms with van der Waals surface area (Å²) in [6.45, 7) is 8.61. The first-order valence-corrected chi connectivity index (χ1v) is 7.38. The van der Waals surface area contributed by atoms with Crippen LogP contribution >= 0.6 is 15.9 Å². The Bertz CT molecular complexity index is 392. The van der Waals surface area contributed by atoms with Gasteiger partial charge in [-0.1, -0.05) is 6.92 Å². The molecule has 2 rings (SSSR count). The highest BCUT2D eigenvalue weighted by Crippen LogP contribution is 2.31. The van der Waals surface area contributed by atoms with Gasteiger partial charge in [-0.3, -0.25) is 4.68 Å². The lowest BCUT2D eigenvalue weighted by Crippen LogP contribution is -2.41. The molecule has 1 aliphatic heterocycles. The van der Waals surface area contributed by atoms with Gasteiger partial charge in [0.15, 0.2) is 0 Å². The van der Waals surface area contributed by atoms with Gasteiger partial charge >= 0.3 is 0 Å². The smallest absolute Gasteiger partial charge is 0.0738 e. The number of nitrogens with one attached hydrogen (secondary N) is 1. The normalized spacial score (nSPS) is 24.5. The molecule has 0 spiro atoms. The van der Waals surface area contributed by atoms with E-state index in [9.17, 15) is 0 Å². The van der Waals surface area contributed by atoms with Crippen LogP contribution in [0.1, 0.15) is 44.5 Å². The summed E-state index contributed by atoms with van der Waals surface area (Å²) in [4.78, 5) is 0. The minimum atomic E-state index is 0.294. The first-order chi connectivity index (χ1) is 8.12. The summed E-state index contributed by atoms with van der Waals surface area (Å²) in [5, 5.41) is 8.27. The summed E-state index contributed by atoms with van der Waals surface area (Å²) in [6, 6.07) is 0. The van der Waals surface area contributed by atoms with E-state index in [2.05, 4.69) is 51.8 Å². The van der Waals surface area contributed by atoms with Crippen molar-refractivity contribution >= 4 is 15.9 Å². The van der Waals surface area contributed by atoms with Crippen LogP contribution in [0.25, 0.3) is 0 Å². The van der Waals surface area contributed by atoms with Crippen molar-refractivity contribution in [1.29, 1.82) is 0 Å². The molecular formula is C13H22BrN3. The lowest BCUT2D eigenvalue weighted by atomic mass is 9.89. The second-order valence-corrected chi connectivity index (χ2v) is 5.80. The van der Waals surface area contributed by atoms with Crippen LogP contribution in [-0.4, -0.2) is 21.9 Å². The molecule has 96 valence electrons. The molecule has 0 saturated carbocycles. The van der Waals surface area contributed by atoms with Crippen molar-refractivity contribution in [3.8, 4) is 0 Å². The topological polar surface area (TPSA) is 29.9 Å². The molecule has 1 aromatic heterocycles. The molecule has 1 N–H and O–H groups in total. The molecule has 2 heterocycles. The maximum Gasteiger partial charge on any atom is 0.0738 e. The molecule has 0 aromatic carbocycles. The standard InChI is InChI=1S/C13H22BrN3/c1-4-13(7-6-8-15-13)9-11-12(14)10(3)16-17(11)5-2/h15H,4-9H2,1-3H3. The van der Waals surface area contributed by atoms with Gasteiger partial charge in [0.05, 0.1) is 15.9 Å². The van der Waals surface area contributed by atoms with Crippen LogP contribution in [0.2, 0.25) is 0 Å². The van der Waals surface area contributed by atoms with E-state index in [1.165, 1.54) is 29.4 Å². The summed E-state index contributed by atoms with van der Waals surface area (Å²) in [5.74, 6) is 0. The zero-order valence-electron chi connectivity index (χ0n) is 11.0. The van der Waals surface area contributed by atoms with Crippen LogP contribution in [0.3, 0.4) is 0 Å². The lowest BCUT2D eigenvalue weighted by molar-refractivity contribution is 0.348. The number of aryl methyl sites for hydroxylation is 2. The third-order valence-corrected chi connectivity index (χ3v) is 5.00. The number of rotatable bonds is 4. The fourth-order valence-corrected chi connectivity index (χ4v) is 3.23. The Morgan fingerprint density at radius 3 is 2.76 bits per heavy atom. The van der Waals surface area contributed by atoms with E-state index >= 15 is 0 Å². The van der Waals surface area contributed by atoms with Crippen molar-refractivity contribution in [2.45, 2.75) is 58.5 Å². The summed E-state index contributed by atoms with van der Waals surface area (Å²) in [6.07, 6.45) is 4.85. The molecule has 0 amide bonds. The maximum absolute atomic E-state index is 4.58. The minimum Gasteiger partial charge on any atom is -0.311 e. The summed E-state index contributed by atoms with van der Waals surface area (Å²) in [5.41, 5.74) is 2.74. The lowest BCUT2D eigenvalue weighted by Gasteiger charge is -2.28. The van der Waals surface area contributed by atoms with Crippen molar-refractivity contribution in [3.63, 3.8) is 0 Å². The maximum atomic E-state index is 4.58. The predicted octanol–water partition coefficient (Wildman–Crippen LogP) is 3.05. The Balaban J connectivity index is 2.28. The first kappa shape index (κ1) is 13.1. The van der Waals surface area contributed by atoms with Crippen LogP contribution in [0.15, 0.2) is 4.47 Å². The van der Waals surface area contributed by atoms with E-state index in [0.29, 0.717) is 5.54 Å². The van der Waals surface area contributed by atoms with Gasteiger partial charge in [-0.2, -0.15) is 5.10 Å². The second-order valence-electron chi connectivity index (χ2n) is 5.00. The van der Waals surface area contributed by atoms with Crippen molar-refractivity contribution in [3.05, 3.63) is 15.9 Å². The van der Waals surface area contributed by atoms with E-state index in [0.717, 1.165) is 25.2 Å². The van der Waals surface area contributed by atoms with Gasteiger partial charge in [-0.15, -0.1) is 0 Å². The Hall–Kier alpha value is -0.350. The van der Waals surface area contributed by atoms with Gasteiger partial charge in [0.25, 0.3) is 0 Å². The Kier molecular flexibility index (Phi) is 3.93. The third kappa shape index (κ3) is 2.43. The largest absolute Gasteiger partial charge is 0.311 e. The van der Waals surface area contributed by atoms with E-state index in [1.54, 1.807) is 0 Å². The zero-order chi connectivity index (χ0) is 12.5. The van der Waals surface area contributed by atoms with Gasteiger partial charge in [0, 0.05) is 18.5 Å². The Morgan fingerprint density at radius 2 is 2.24 bits per heavy atom. The monoisotopic (exact) mass is 299 g/mol. The van der Waals surface area contributed by atoms with Crippen LogP contribution in [0, 0.1) is 6.92 Å². The molecule has 1 saturated heterocycles. The summed E-state index contributed by atoms with van der Waals surface area (Å²) in [7, 11) is 0. The van der Waals surface area contributed by atoms with E-state index < -0.39 is 0 Å². The predicted molar refractivity (Wildman–Crippen MR) is 74.3 cm³/mol. The fourth-order valence-electron chi connectivity index (χ4n) is 2.80. The quantitative estimate of drug-likeness (QED) is 0.926. The molecule has 3 nitrogen and oxygen atoms in total. The summed E-state index contributed by atoms with van der Waals surface area (Å²) < 4.78 is 3.33. The summed E-state index contributed by atoms with van der Waals surface area (Å²) >= 11 is 3.69. The highest BCUT2D eigenvalue weighted by molar-refractivity contribution is 9.10. The van der Waals surface area contributed by atoms with E-state index in [4.69, 9.17) is 0 Å². The van der Waals surface area contributed by atoms with Crippen LogP contribution in [-0.2, 0) is 13.0 Å². The Morgan fingerprint density at radius 1 is 1.47 bits per heavy atom. The van der Waals surface area contributed by atoms with Gasteiger partial charge in [-0.05, 0) is 55.6 Å². The van der Waals surface area contributed by atoms with Crippen molar-refractivity contribution < 1.29 is 0 Å². The molecule has 1 fully saturated rings. The average Bonchev–Trinajstić information content (AvgIpc) is 2.90. The number of hydrogen-bond acceptors (Lipinski definition) is 2. The molecule has 0 bridgehead atoms. The molecule has 1 aromatic rings. The van der Waals surface area contributed by atoms with Crippen molar-refractivity contribution in [2.24, 2.45) is 0 Å². The number of hydrogen-bond donors (Lipinski definition) is 1.